The molecule has 0 saturated carbocycles. The van der Waals surface area contributed by atoms with Crippen molar-refractivity contribution in [1.82, 2.24) is 0 Å². The summed E-state index contributed by atoms with van der Waals surface area (Å²) in [6.45, 7) is 19.4. The van der Waals surface area contributed by atoms with Crippen molar-refractivity contribution in [3.63, 3.8) is 0 Å². The number of carbonyl (C=O) groups is 1. The van der Waals surface area contributed by atoms with Gasteiger partial charge in [0.25, 0.3) is 0 Å². The van der Waals surface area contributed by atoms with E-state index in [0.29, 0.717) is 18.8 Å². The van der Waals surface area contributed by atoms with Gasteiger partial charge in [-0.3, -0.25) is 4.79 Å². The van der Waals surface area contributed by atoms with Crippen LogP contribution < -0.4 is 0 Å². The number of ether oxygens (including phenoxy) is 1. The van der Waals surface area contributed by atoms with Crippen LogP contribution in [0.25, 0.3) is 0 Å². The van der Waals surface area contributed by atoms with Gasteiger partial charge in [-0.05, 0) is 77.7 Å². The van der Waals surface area contributed by atoms with Gasteiger partial charge in [0.05, 0.1) is 6.61 Å². The zero-order chi connectivity index (χ0) is 22.5. The third-order valence-corrected chi connectivity index (χ3v) is 13.7. The minimum Gasteiger partial charge on any atom is -0.437 e. The van der Waals surface area contributed by atoms with Crippen LogP contribution in [0.3, 0.4) is 0 Å². The number of carbonyl (C=O) groups excluding carboxylic acids is 1. The zero-order valence-electron chi connectivity index (χ0n) is 19.7. The van der Waals surface area contributed by atoms with Crippen LogP contribution in [0.4, 0.5) is 0 Å². The fourth-order valence-corrected chi connectivity index (χ4v) is 15.8. The first-order valence-corrected chi connectivity index (χ1v) is 19.7. The summed E-state index contributed by atoms with van der Waals surface area (Å²) >= 11 is 0. The van der Waals surface area contributed by atoms with Gasteiger partial charge < -0.3 is 18.1 Å². The van der Waals surface area contributed by atoms with E-state index < -0.39 is 30.8 Å². The minimum atomic E-state index is -2.25. The molecule has 29 heavy (non-hydrogen) atoms. The highest BCUT2D eigenvalue weighted by Gasteiger charge is 2.39. The van der Waals surface area contributed by atoms with Crippen molar-refractivity contribution in [2.24, 2.45) is 0 Å². The summed E-state index contributed by atoms with van der Waals surface area (Å²) < 4.78 is 18.9. The Hall–Kier alpha value is -0.619. The first kappa shape index (κ1) is 26.4. The fraction of sp³-hybridized carbons (Fsp3) is 0.667. The predicted molar refractivity (Wildman–Crippen MR) is 127 cm³/mol. The van der Waals surface area contributed by atoms with Crippen LogP contribution in [0, 0.1) is 0 Å². The Kier molecular flexibility index (Phi) is 9.22. The average molecular weight is 457 g/mol. The number of aliphatic hydroxyl groups is 1. The predicted octanol–water partition coefficient (Wildman–Crippen LogP) is 5.32. The number of rotatable bonds is 12. The zero-order valence-corrected chi connectivity index (χ0v) is 22.7. The van der Waals surface area contributed by atoms with E-state index in [1.165, 1.54) is 13.8 Å². The third kappa shape index (κ3) is 10.3. The standard InChI is InChI=1S/C21H40O5Si3/c1-21(2,23)20(22)19-14-11-10-13-18(19)17-24-15-12-16-29(9,25-27(3,4)5)26-28(6,7)8/h10-11,13-14,23H,12,15-17H2,1-9H3. The second-order valence-electron chi connectivity index (χ2n) is 10.3. The van der Waals surface area contributed by atoms with Crippen LogP contribution in [-0.2, 0) is 19.6 Å². The van der Waals surface area contributed by atoms with E-state index in [-0.39, 0.29) is 5.78 Å². The van der Waals surface area contributed by atoms with Crippen LogP contribution in [0.1, 0.15) is 36.2 Å². The maximum Gasteiger partial charge on any atom is 0.314 e. The fourth-order valence-electron chi connectivity index (χ4n) is 3.29. The molecule has 0 aliphatic heterocycles. The molecule has 8 heteroatoms. The van der Waals surface area contributed by atoms with E-state index in [0.717, 1.165) is 18.0 Å². The lowest BCUT2D eigenvalue weighted by Gasteiger charge is -2.38. The largest absolute Gasteiger partial charge is 0.437 e. The molecule has 0 radical (unpaired) electrons. The second-order valence-corrected chi connectivity index (χ2v) is 23.1. The maximum atomic E-state index is 12.4. The lowest BCUT2D eigenvalue weighted by atomic mass is 9.93. The minimum absolute atomic E-state index is 0.288. The Morgan fingerprint density at radius 3 is 1.97 bits per heavy atom. The second kappa shape index (κ2) is 10.1. The molecule has 0 fully saturated rings. The lowest BCUT2D eigenvalue weighted by Crippen LogP contribution is -2.52. The average Bonchev–Trinajstić information content (AvgIpc) is 2.49. The lowest BCUT2D eigenvalue weighted by molar-refractivity contribution is 0.0482. The van der Waals surface area contributed by atoms with Crippen molar-refractivity contribution in [3.8, 4) is 0 Å². The SMILES string of the molecule is CC(C)(O)C(=O)c1ccccc1COCCC[Si](C)(O[Si](C)(C)C)O[Si](C)(C)C. The van der Waals surface area contributed by atoms with Gasteiger partial charge in [-0.1, -0.05) is 24.3 Å². The van der Waals surface area contributed by atoms with Gasteiger partial charge in [0.15, 0.2) is 22.4 Å². The van der Waals surface area contributed by atoms with Gasteiger partial charge >= 0.3 is 8.56 Å². The molecular formula is C21H40O5Si3. The van der Waals surface area contributed by atoms with Crippen LogP contribution >= 0.6 is 0 Å². The molecule has 1 N–H and O–H groups in total. The quantitative estimate of drug-likeness (QED) is 0.262. The van der Waals surface area contributed by atoms with Crippen LogP contribution in [-0.4, -0.2) is 48.3 Å². The topological polar surface area (TPSA) is 65.0 Å². The Bertz CT molecular complexity index is 656. The summed E-state index contributed by atoms with van der Waals surface area (Å²) in [7, 11) is -5.64. The maximum absolute atomic E-state index is 12.4. The van der Waals surface area contributed by atoms with E-state index in [4.69, 9.17) is 13.0 Å². The molecule has 0 aliphatic rings. The number of Topliss-reactive ketones (excluding diaryl/α,β-unsaturated/α-hetero) is 1. The van der Waals surface area contributed by atoms with Crippen molar-refractivity contribution in [3.05, 3.63) is 35.4 Å². The first-order valence-electron chi connectivity index (χ1n) is 10.4. The highest BCUT2D eigenvalue weighted by molar-refractivity contribution is 6.87. The van der Waals surface area contributed by atoms with Gasteiger partial charge in [0.2, 0.25) is 0 Å². The summed E-state index contributed by atoms with van der Waals surface area (Å²) in [5.74, 6) is -0.288. The van der Waals surface area contributed by atoms with Gasteiger partial charge in [-0.25, -0.2) is 0 Å². The summed E-state index contributed by atoms with van der Waals surface area (Å²) in [4.78, 5) is 12.4. The van der Waals surface area contributed by atoms with E-state index in [9.17, 15) is 9.90 Å². The summed E-state index contributed by atoms with van der Waals surface area (Å²) in [5.41, 5.74) is -0.0778. The van der Waals surface area contributed by atoms with Crippen molar-refractivity contribution >= 4 is 31.0 Å². The van der Waals surface area contributed by atoms with E-state index in [1.54, 1.807) is 12.1 Å². The first-order chi connectivity index (χ1) is 13.0. The molecule has 0 heterocycles. The highest BCUT2D eigenvalue weighted by atomic mass is 28.5. The normalized spacial score (nSPS) is 13.6. The molecule has 0 spiro atoms. The molecule has 0 amide bonds. The molecule has 0 saturated heterocycles. The Balaban J connectivity index is 2.67. The number of benzene rings is 1. The van der Waals surface area contributed by atoms with Gasteiger partial charge in [-0.15, -0.1) is 0 Å². The van der Waals surface area contributed by atoms with Gasteiger partial charge in [0, 0.05) is 12.2 Å². The Labute approximate surface area is 180 Å². The van der Waals surface area contributed by atoms with Gasteiger partial charge in [-0.2, -0.15) is 0 Å². The van der Waals surface area contributed by atoms with Crippen molar-refractivity contribution < 1.29 is 22.9 Å². The summed E-state index contributed by atoms with van der Waals surface area (Å²) in [6.07, 6.45) is 0.860. The van der Waals surface area contributed by atoms with Crippen molar-refractivity contribution in [2.75, 3.05) is 6.61 Å². The number of hydrogen-bond acceptors (Lipinski definition) is 5. The van der Waals surface area contributed by atoms with E-state index >= 15 is 0 Å². The molecule has 0 aromatic heterocycles. The molecule has 1 aromatic rings. The smallest absolute Gasteiger partial charge is 0.314 e. The molecule has 0 bridgehead atoms. The number of ketones is 1. The third-order valence-electron chi connectivity index (χ3n) is 4.04. The van der Waals surface area contributed by atoms with E-state index in [1.807, 2.05) is 12.1 Å². The summed E-state index contributed by atoms with van der Waals surface area (Å²) in [6, 6.07) is 8.20. The van der Waals surface area contributed by atoms with Crippen LogP contribution in [0.15, 0.2) is 24.3 Å². The molecule has 1 rings (SSSR count). The van der Waals surface area contributed by atoms with Crippen LogP contribution in [0.5, 0.6) is 0 Å². The summed E-state index contributed by atoms with van der Waals surface area (Å²) in [5, 5.41) is 10.0. The Morgan fingerprint density at radius 1 is 0.966 bits per heavy atom. The van der Waals surface area contributed by atoms with Crippen molar-refractivity contribution in [1.29, 1.82) is 0 Å². The van der Waals surface area contributed by atoms with Crippen molar-refractivity contribution in [2.45, 2.75) is 84.3 Å². The van der Waals surface area contributed by atoms with Crippen LogP contribution in [0.2, 0.25) is 51.9 Å². The molecule has 0 aliphatic carbocycles. The molecule has 5 nitrogen and oxygen atoms in total. The highest BCUT2D eigenvalue weighted by Crippen LogP contribution is 2.25. The molecule has 0 atom stereocenters. The molecule has 0 unspecified atom stereocenters. The Morgan fingerprint density at radius 2 is 1.48 bits per heavy atom. The van der Waals surface area contributed by atoms with Gasteiger partial charge in [0.1, 0.15) is 5.60 Å². The molecule has 1 aromatic carbocycles. The molecule has 166 valence electrons. The van der Waals surface area contributed by atoms with E-state index in [2.05, 4.69) is 45.8 Å². The number of hydrogen-bond donors (Lipinski definition) is 1. The molecular weight excluding hydrogens is 416 g/mol. The monoisotopic (exact) mass is 456 g/mol.